The lowest BCUT2D eigenvalue weighted by Gasteiger charge is -2.21. The van der Waals surface area contributed by atoms with Gasteiger partial charge in [0.05, 0.1) is 6.42 Å². The maximum atomic E-state index is 12.2. The molecular formula is C19H22N2O5. The first kappa shape index (κ1) is 19.2. The average molecular weight is 358 g/mol. The minimum Gasteiger partial charge on any atom is -0.480 e. The van der Waals surface area contributed by atoms with Crippen molar-refractivity contribution in [1.82, 2.24) is 5.32 Å². The molecule has 0 aliphatic rings. The van der Waals surface area contributed by atoms with Gasteiger partial charge in [-0.2, -0.15) is 0 Å². The fourth-order valence-corrected chi connectivity index (χ4v) is 2.31. The van der Waals surface area contributed by atoms with Crippen molar-refractivity contribution in [2.75, 3.05) is 5.32 Å². The van der Waals surface area contributed by atoms with E-state index in [2.05, 4.69) is 10.6 Å². The number of rotatable bonds is 5. The number of hydrogen-bond donors (Lipinski definition) is 3. The predicted molar refractivity (Wildman–Crippen MR) is 98.0 cm³/mol. The van der Waals surface area contributed by atoms with Crippen LogP contribution in [0, 0.1) is 0 Å². The molecule has 2 rings (SSSR count). The Bertz CT molecular complexity index is 826. The fourth-order valence-electron chi connectivity index (χ4n) is 2.31. The van der Waals surface area contributed by atoms with Gasteiger partial charge >= 0.3 is 12.1 Å². The van der Waals surface area contributed by atoms with E-state index < -0.39 is 36.0 Å². The summed E-state index contributed by atoms with van der Waals surface area (Å²) in [5.74, 6) is -1.84. The highest BCUT2D eigenvalue weighted by molar-refractivity contribution is 5.97. The summed E-state index contributed by atoms with van der Waals surface area (Å²) in [6.07, 6.45) is -1.30. The molecule has 2 amide bonds. The molecule has 0 saturated carbocycles. The van der Waals surface area contributed by atoms with Crippen molar-refractivity contribution in [1.29, 1.82) is 0 Å². The molecule has 7 heteroatoms. The third kappa shape index (κ3) is 5.77. The first-order chi connectivity index (χ1) is 12.1. The molecule has 0 saturated heterocycles. The van der Waals surface area contributed by atoms with Gasteiger partial charge < -0.3 is 20.5 Å². The highest BCUT2D eigenvalue weighted by Crippen LogP contribution is 2.19. The number of alkyl carbamates (subject to hydrolysis) is 1. The van der Waals surface area contributed by atoms with Gasteiger partial charge in [0.15, 0.2) is 0 Å². The number of benzene rings is 2. The molecule has 0 fully saturated rings. The SMILES string of the molecule is CC(C)(C)OC(=O)N[C@@H](CC(=O)Nc1ccc2ccccc2c1)C(=O)O. The van der Waals surface area contributed by atoms with Crippen LogP contribution in [-0.4, -0.2) is 34.7 Å². The number of aliphatic carboxylic acids is 1. The summed E-state index contributed by atoms with van der Waals surface area (Å²) in [6, 6.07) is 11.7. The molecule has 7 nitrogen and oxygen atoms in total. The number of nitrogens with one attached hydrogen (secondary N) is 2. The topological polar surface area (TPSA) is 105 Å². The van der Waals surface area contributed by atoms with Gasteiger partial charge in [0.2, 0.25) is 5.91 Å². The van der Waals surface area contributed by atoms with E-state index in [-0.39, 0.29) is 0 Å². The van der Waals surface area contributed by atoms with Crippen LogP contribution in [0.2, 0.25) is 0 Å². The van der Waals surface area contributed by atoms with Crippen molar-refractivity contribution in [3.8, 4) is 0 Å². The number of carboxylic acid groups (broad SMARTS) is 1. The number of hydrogen-bond acceptors (Lipinski definition) is 4. The quantitative estimate of drug-likeness (QED) is 0.761. The summed E-state index contributed by atoms with van der Waals surface area (Å²) in [7, 11) is 0. The Kier molecular flexibility index (Phi) is 5.82. The van der Waals surface area contributed by atoms with Gasteiger partial charge in [-0.15, -0.1) is 0 Å². The molecule has 0 heterocycles. The van der Waals surface area contributed by atoms with E-state index in [1.54, 1.807) is 32.9 Å². The van der Waals surface area contributed by atoms with Crippen LogP contribution in [0.3, 0.4) is 0 Å². The smallest absolute Gasteiger partial charge is 0.408 e. The molecule has 2 aromatic rings. The molecule has 0 unspecified atom stereocenters. The molecule has 0 aliphatic heterocycles. The van der Waals surface area contributed by atoms with Crippen LogP contribution in [0.4, 0.5) is 10.5 Å². The van der Waals surface area contributed by atoms with Gasteiger partial charge in [-0.05, 0) is 43.7 Å². The molecule has 2 aromatic carbocycles. The van der Waals surface area contributed by atoms with Crippen molar-refractivity contribution in [2.45, 2.75) is 38.8 Å². The second-order valence-electron chi connectivity index (χ2n) is 6.85. The van der Waals surface area contributed by atoms with E-state index in [0.29, 0.717) is 5.69 Å². The number of amides is 2. The molecule has 0 aromatic heterocycles. The monoisotopic (exact) mass is 358 g/mol. The van der Waals surface area contributed by atoms with E-state index in [4.69, 9.17) is 4.74 Å². The van der Waals surface area contributed by atoms with Gasteiger partial charge in [0.1, 0.15) is 11.6 Å². The average Bonchev–Trinajstić information content (AvgIpc) is 2.52. The summed E-state index contributed by atoms with van der Waals surface area (Å²) < 4.78 is 5.02. The Morgan fingerprint density at radius 1 is 1.08 bits per heavy atom. The highest BCUT2D eigenvalue weighted by atomic mass is 16.6. The normalized spacial score (nSPS) is 12.3. The van der Waals surface area contributed by atoms with Crippen molar-refractivity contribution in [3.05, 3.63) is 42.5 Å². The van der Waals surface area contributed by atoms with Crippen molar-refractivity contribution in [2.24, 2.45) is 0 Å². The van der Waals surface area contributed by atoms with E-state index in [1.165, 1.54) is 0 Å². The molecule has 0 spiro atoms. The zero-order valence-electron chi connectivity index (χ0n) is 14.9. The molecular weight excluding hydrogens is 336 g/mol. The largest absolute Gasteiger partial charge is 0.480 e. The number of fused-ring (bicyclic) bond motifs is 1. The Morgan fingerprint density at radius 2 is 1.73 bits per heavy atom. The number of carbonyl (C=O) groups is 3. The van der Waals surface area contributed by atoms with Crippen molar-refractivity contribution < 1.29 is 24.2 Å². The maximum absolute atomic E-state index is 12.2. The molecule has 0 aliphatic carbocycles. The minimum absolute atomic E-state index is 0.415. The Balaban J connectivity index is 2.00. The van der Waals surface area contributed by atoms with Crippen molar-refractivity contribution in [3.63, 3.8) is 0 Å². The van der Waals surface area contributed by atoms with Crippen LogP contribution in [0.5, 0.6) is 0 Å². The number of anilines is 1. The number of carbonyl (C=O) groups excluding carboxylic acids is 2. The van der Waals surface area contributed by atoms with Crippen molar-refractivity contribution >= 4 is 34.4 Å². The zero-order chi connectivity index (χ0) is 19.3. The van der Waals surface area contributed by atoms with Gasteiger partial charge in [-0.3, -0.25) is 4.79 Å². The van der Waals surface area contributed by atoms with E-state index in [9.17, 15) is 19.5 Å². The van der Waals surface area contributed by atoms with E-state index in [1.807, 2.05) is 30.3 Å². The third-order valence-corrected chi connectivity index (χ3v) is 3.41. The van der Waals surface area contributed by atoms with Crippen LogP contribution in [0.25, 0.3) is 10.8 Å². The lowest BCUT2D eigenvalue weighted by atomic mass is 10.1. The second-order valence-corrected chi connectivity index (χ2v) is 6.85. The van der Waals surface area contributed by atoms with Gasteiger partial charge in [-0.1, -0.05) is 30.3 Å². The standard InChI is InChI=1S/C19H22N2O5/c1-19(2,3)26-18(25)21-15(17(23)24)11-16(22)20-14-9-8-12-6-4-5-7-13(12)10-14/h4-10,15H,11H2,1-3H3,(H,20,22)(H,21,25)(H,23,24)/t15-/m0/s1. The summed E-state index contributed by atoms with van der Waals surface area (Å²) in [5, 5.41) is 16.0. The number of carboxylic acids is 1. The van der Waals surface area contributed by atoms with Crippen LogP contribution in [0.1, 0.15) is 27.2 Å². The van der Waals surface area contributed by atoms with Gasteiger partial charge in [0, 0.05) is 5.69 Å². The first-order valence-electron chi connectivity index (χ1n) is 8.15. The van der Waals surface area contributed by atoms with Gasteiger partial charge in [0.25, 0.3) is 0 Å². The van der Waals surface area contributed by atoms with Crippen LogP contribution in [0.15, 0.2) is 42.5 Å². The van der Waals surface area contributed by atoms with E-state index in [0.717, 1.165) is 10.8 Å². The lowest BCUT2D eigenvalue weighted by Crippen LogP contribution is -2.45. The van der Waals surface area contributed by atoms with Crippen LogP contribution >= 0.6 is 0 Å². The third-order valence-electron chi connectivity index (χ3n) is 3.41. The fraction of sp³-hybridized carbons (Fsp3) is 0.316. The van der Waals surface area contributed by atoms with Gasteiger partial charge in [-0.25, -0.2) is 9.59 Å². The summed E-state index contributed by atoms with van der Waals surface area (Å²) in [5.41, 5.74) is -0.212. The Labute approximate surface area is 151 Å². The molecule has 3 N–H and O–H groups in total. The predicted octanol–water partition coefficient (Wildman–Crippen LogP) is 3.15. The molecule has 138 valence electrons. The zero-order valence-corrected chi connectivity index (χ0v) is 14.9. The Hall–Kier alpha value is -3.09. The Morgan fingerprint density at radius 3 is 2.35 bits per heavy atom. The second kappa shape index (κ2) is 7.86. The molecule has 26 heavy (non-hydrogen) atoms. The molecule has 0 bridgehead atoms. The molecule has 0 radical (unpaired) electrons. The lowest BCUT2D eigenvalue weighted by molar-refractivity contribution is -0.141. The minimum atomic E-state index is -1.38. The highest BCUT2D eigenvalue weighted by Gasteiger charge is 2.26. The summed E-state index contributed by atoms with van der Waals surface area (Å²) in [4.78, 5) is 35.2. The molecule has 1 atom stereocenters. The number of ether oxygens (including phenoxy) is 1. The van der Waals surface area contributed by atoms with E-state index >= 15 is 0 Å². The summed E-state index contributed by atoms with van der Waals surface area (Å²) in [6.45, 7) is 4.98. The first-order valence-corrected chi connectivity index (χ1v) is 8.15. The van der Waals surface area contributed by atoms with Crippen LogP contribution in [-0.2, 0) is 14.3 Å². The van der Waals surface area contributed by atoms with Crippen LogP contribution < -0.4 is 10.6 Å². The maximum Gasteiger partial charge on any atom is 0.408 e. The summed E-state index contributed by atoms with van der Waals surface area (Å²) >= 11 is 0.